The Morgan fingerprint density at radius 1 is 0.718 bits per heavy atom. The molecule has 1 atom stereocenters. The van der Waals surface area contributed by atoms with Crippen molar-refractivity contribution in [3.8, 4) is 0 Å². The number of nitrogens with one attached hydrogen (secondary N) is 3. The van der Waals surface area contributed by atoms with E-state index in [-0.39, 0.29) is 17.3 Å². The molecule has 5 aromatic rings. The summed E-state index contributed by atoms with van der Waals surface area (Å²) < 4.78 is 5.90. The number of hydrogen-bond acceptors (Lipinski definition) is 8. The Hall–Kier alpha value is -5.57. The third kappa shape index (κ3) is 4.64. The molecule has 1 heterocycles. The number of fused-ring (bicyclic) bond motifs is 2. The molecular formula is C30H22N6O3. The lowest BCUT2D eigenvalue weighted by Gasteiger charge is -2.12. The molecule has 5 aromatic carbocycles. The number of nitro benzene ring substituents is 1. The SMILES string of the molecule is N=C1OC(c2ccc([N+](=O)[O-])cc2)C(=N\Nc2cccc3ccccc23)/C1=N/Nc1cccc2ccccc12. The van der Waals surface area contributed by atoms with Crippen LogP contribution in [0.1, 0.15) is 11.7 Å². The minimum Gasteiger partial charge on any atom is -0.461 e. The summed E-state index contributed by atoms with van der Waals surface area (Å²) in [4.78, 5) is 10.7. The van der Waals surface area contributed by atoms with Crippen molar-refractivity contribution in [2.45, 2.75) is 6.10 Å². The molecule has 39 heavy (non-hydrogen) atoms. The Bertz CT molecular complexity index is 1790. The van der Waals surface area contributed by atoms with Gasteiger partial charge in [-0.25, -0.2) is 0 Å². The fraction of sp³-hybridized carbons (Fsp3) is 0.0333. The van der Waals surface area contributed by atoms with Gasteiger partial charge >= 0.3 is 0 Å². The zero-order valence-corrected chi connectivity index (χ0v) is 20.5. The Balaban J connectivity index is 1.40. The Morgan fingerprint density at radius 3 is 1.85 bits per heavy atom. The first-order valence-corrected chi connectivity index (χ1v) is 12.2. The molecule has 1 aliphatic rings. The zero-order valence-electron chi connectivity index (χ0n) is 20.5. The summed E-state index contributed by atoms with van der Waals surface area (Å²) in [5, 5.41) is 33.0. The van der Waals surface area contributed by atoms with Crippen molar-refractivity contribution in [2.75, 3.05) is 10.9 Å². The van der Waals surface area contributed by atoms with Crippen LogP contribution in [0.2, 0.25) is 0 Å². The van der Waals surface area contributed by atoms with Crippen molar-refractivity contribution >= 4 is 55.9 Å². The van der Waals surface area contributed by atoms with Gasteiger partial charge in [-0.2, -0.15) is 10.2 Å². The summed E-state index contributed by atoms with van der Waals surface area (Å²) in [5.74, 6) is -0.162. The molecule has 190 valence electrons. The van der Waals surface area contributed by atoms with Crippen LogP contribution in [0.3, 0.4) is 0 Å². The number of ether oxygens (including phenoxy) is 1. The molecule has 6 rings (SSSR count). The molecule has 0 radical (unpaired) electrons. The summed E-state index contributed by atoms with van der Waals surface area (Å²) in [6, 6.07) is 33.6. The average molecular weight is 515 g/mol. The molecule has 0 spiro atoms. The number of nitrogens with zero attached hydrogens (tertiary/aromatic N) is 3. The van der Waals surface area contributed by atoms with Gasteiger partial charge in [-0.3, -0.25) is 26.4 Å². The molecule has 0 amide bonds. The number of rotatable bonds is 6. The van der Waals surface area contributed by atoms with Crippen LogP contribution < -0.4 is 10.9 Å². The van der Waals surface area contributed by atoms with Crippen molar-refractivity contribution in [3.05, 3.63) is 125 Å². The first kappa shape index (κ1) is 23.8. The summed E-state index contributed by atoms with van der Waals surface area (Å²) in [7, 11) is 0. The van der Waals surface area contributed by atoms with E-state index in [1.54, 1.807) is 12.1 Å². The monoisotopic (exact) mass is 514 g/mol. The second kappa shape index (κ2) is 10.1. The smallest absolute Gasteiger partial charge is 0.269 e. The van der Waals surface area contributed by atoms with Crippen LogP contribution in [-0.4, -0.2) is 22.2 Å². The van der Waals surface area contributed by atoms with E-state index < -0.39 is 11.0 Å². The van der Waals surface area contributed by atoms with Gasteiger partial charge in [0.15, 0.2) is 11.8 Å². The van der Waals surface area contributed by atoms with Gasteiger partial charge in [0.25, 0.3) is 5.69 Å². The van der Waals surface area contributed by atoms with Crippen LogP contribution in [0.5, 0.6) is 0 Å². The topological polar surface area (TPSA) is 125 Å². The first-order chi connectivity index (χ1) is 19.1. The summed E-state index contributed by atoms with van der Waals surface area (Å²) >= 11 is 0. The summed E-state index contributed by atoms with van der Waals surface area (Å²) in [6.07, 6.45) is -0.783. The number of anilines is 2. The zero-order chi connectivity index (χ0) is 26.8. The largest absolute Gasteiger partial charge is 0.461 e. The molecule has 0 aliphatic carbocycles. The van der Waals surface area contributed by atoms with E-state index in [1.807, 2.05) is 84.9 Å². The Morgan fingerprint density at radius 2 is 1.26 bits per heavy atom. The predicted octanol–water partition coefficient (Wildman–Crippen LogP) is 6.89. The number of non-ortho nitro benzene ring substituents is 1. The molecule has 1 unspecified atom stereocenters. The van der Waals surface area contributed by atoms with Gasteiger partial charge in [0.05, 0.1) is 16.3 Å². The molecule has 1 saturated heterocycles. The first-order valence-electron chi connectivity index (χ1n) is 12.2. The lowest BCUT2D eigenvalue weighted by atomic mass is 10.0. The van der Waals surface area contributed by atoms with E-state index in [0.29, 0.717) is 11.3 Å². The fourth-order valence-corrected chi connectivity index (χ4v) is 4.57. The lowest BCUT2D eigenvalue weighted by Crippen LogP contribution is -2.19. The summed E-state index contributed by atoms with van der Waals surface area (Å²) in [5.41, 5.74) is 8.93. The van der Waals surface area contributed by atoms with Gasteiger partial charge in [0.2, 0.25) is 5.90 Å². The highest BCUT2D eigenvalue weighted by Gasteiger charge is 2.37. The van der Waals surface area contributed by atoms with Gasteiger partial charge in [0, 0.05) is 22.9 Å². The quantitative estimate of drug-likeness (QED) is 0.168. The molecule has 1 aliphatic heterocycles. The third-order valence-corrected chi connectivity index (χ3v) is 6.51. The maximum absolute atomic E-state index is 11.2. The molecule has 1 fully saturated rings. The van der Waals surface area contributed by atoms with Gasteiger partial charge in [0.1, 0.15) is 5.71 Å². The number of nitro groups is 1. The van der Waals surface area contributed by atoms with Gasteiger partial charge in [-0.05, 0) is 40.6 Å². The lowest BCUT2D eigenvalue weighted by molar-refractivity contribution is -0.384. The van der Waals surface area contributed by atoms with Crippen molar-refractivity contribution < 1.29 is 9.66 Å². The van der Waals surface area contributed by atoms with Crippen LogP contribution in [-0.2, 0) is 4.74 Å². The van der Waals surface area contributed by atoms with Crippen molar-refractivity contribution in [2.24, 2.45) is 10.2 Å². The molecule has 9 nitrogen and oxygen atoms in total. The minimum absolute atomic E-state index is 0.0364. The van der Waals surface area contributed by atoms with E-state index in [2.05, 4.69) is 21.1 Å². The second-order valence-electron chi connectivity index (χ2n) is 8.91. The molecule has 0 aromatic heterocycles. The van der Waals surface area contributed by atoms with Crippen LogP contribution in [0.15, 0.2) is 119 Å². The van der Waals surface area contributed by atoms with Gasteiger partial charge in [-0.1, -0.05) is 72.8 Å². The van der Waals surface area contributed by atoms with Crippen LogP contribution in [0, 0.1) is 15.5 Å². The molecule has 0 bridgehead atoms. The maximum Gasteiger partial charge on any atom is 0.269 e. The fourth-order valence-electron chi connectivity index (χ4n) is 4.57. The van der Waals surface area contributed by atoms with Crippen molar-refractivity contribution in [3.63, 3.8) is 0 Å². The van der Waals surface area contributed by atoms with Gasteiger partial charge in [-0.15, -0.1) is 0 Å². The Kier molecular flexibility index (Phi) is 6.14. The summed E-state index contributed by atoms with van der Waals surface area (Å²) in [6.45, 7) is 0. The standard InChI is InChI=1S/C30H22N6O3/c31-30-28(35-33-26-14-6-10-20-8-2-4-12-24(20)26)27(29(39-30)21-15-17-22(18-16-21)36(37)38)34-32-25-13-5-9-19-7-1-3-11-23(19)25/h1-18,29,31-33H/b31-30?,34-27-,35-28-. The van der Waals surface area contributed by atoms with Crippen molar-refractivity contribution in [1.29, 1.82) is 5.41 Å². The average Bonchev–Trinajstić information content (AvgIpc) is 3.29. The molecule has 0 saturated carbocycles. The van der Waals surface area contributed by atoms with Crippen LogP contribution in [0.25, 0.3) is 21.5 Å². The minimum atomic E-state index is -0.783. The van der Waals surface area contributed by atoms with E-state index in [4.69, 9.17) is 10.1 Å². The highest BCUT2D eigenvalue weighted by Crippen LogP contribution is 2.30. The van der Waals surface area contributed by atoms with E-state index >= 15 is 0 Å². The maximum atomic E-state index is 11.2. The van der Waals surface area contributed by atoms with E-state index in [9.17, 15) is 10.1 Å². The van der Waals surface area contributed by atoms with Gasteiger partial charge < -0.3 is 4.74 Å². The highest BCUT2D eigenvalue weighted by atomic mass is 16.6. The van der Waals surface area contributed by atoms with Crippen LogP contribution in [0.4, 0.5) is 17.1 Å². The van der Waals surface area contributed by atoms with Crippen molar-refractivity contribution in [1.82, 2.24) is 0 Å². The van der Waals surface area contributed by atoms with Crippen LogP contribution >= 0.6 is 0 Å². The molecule has 9 heteroatoms. The highest BCUT2D eigenvalue weighted by molar-refractivity contribution is 6.69. The Labute approximate surface area is 223 Å². The van der Waals surface area contributed by atoms with E-state index in [1.165, 1.54) is 12.1 Å². The number of hydrogen-bond donors (Lipinski definition) is 3. The second-order valence-corrected chi connectivity index (χ2v) is 8.91. The normalized spacial score (nSPS) is 17.0. The third-order valence-electron chi connectivity index (χ3n) is 6.51. The predicted molar refractivity (Wildman–Crippen MR) is 155 cm³/mol. The number of hydrazone groups is 2. The molecular weight excluding hydrogens is 492 g/mol. The number of benzene rings is 5. The van der Waals surface area contributed by atoms with E-state index in [0.717, 1.165) is 32.9 Å². The molecule has 3 N–H and O–H groups in total.